The van der Waals surface area contributed by atoms with Gasteiger partial charge in [-0.25, -0.2) is 9.67 Å². The summed E-state index contributed by atoms with van der Waals surface area (Å²) in [4.78, 5) is 16.2. The molecule has 0 bridgehead atoms. The first-order chi connectivity index (χ1) is 8.63. The van der Waals surface area contributed by atoms with E-state index < -0.39 is 0 Å². The molecule has 2 rings (SSSR count). The monoisotopic (exact) mass is 248 g/mol. The number of aryl methyl sites for hydroxylation is 2. The molecule has 0 aliphatic carbocycles. The Morgan fingerprint density at radius 2 is 2.22 bits per heavy atom. The van der Waals surface area contributed by atoms with Crippen molar-refractivity contribution in [3.63, 3.8) is 0 Å². The van der Waals surface area contributed by atoms with Crippen LogP contribution in [-0.4, -0.2) is 30.3 Å². The second kappa shape index (κ2) is 4.99. The van der Waals surface area contributed by atoms with Crippen molar-refractivity contribution in [2.24, 2.45) is 7.05 Å². The summed E-state index contributed by atoms with van der Waals surface area (Å²) < 4.78 is 3.22. The summed E-state index contributed by atoms with van der Waals surface area (Å²) >= 11 is 0. The number of aromatic nitrogens is 5. The minimum atomic E-state index is -0.0917. The maximum absolute atomic E-state index is 12.1. The quantitative estimate of drug-likeness (QED) is 0.775. The van der Waals surface area contributed by atoms with E-state index in [4.69, 9.17) is 5.73 Å². The summed E-state index contributed by atoms with van der Waals surface area (Å²) in [6.07, 6.45) is 4.08. The van der Waals surface area contributed by atoms with Gasteiger partial charge < -0.3 is 5.73 Å². The van der Waals surface area contributed by atoms with Crippen LogP contribution in [0.4, 0.5) is 5.82 Å². The fourth-order valence-corrected chi connectivity index (χ4v) is 1.72. The Balaban J connectivity index is 2.16. The van der Waals surface area contributed by atoms with E-state index >= 15 is 0 Å². The fraction of sp³-hybridized carbons (Fsp3) is 0.455. The Morgan fingerprint density at radius 1 is 1.44 bits per heavy atom. The van der Waals surface area contributed by atoms with Crippen LogP contribution in [0, 0.1) is 0 Å². The number of nitrogen functional groups attached to an aromatic ring is 1. The standard InChI is InChI=1S/C11H16N6O/c1-3-4-17-10(13-7-15-17)5-9(18)8-6-14-16(2)11(8)12/h6-7H,3-5,12H2,1-2H3. The van der Waals surface area contributed by atoms with Gasteiger partial charge in [-0.1, -0.05) is 6.92 Å². The lowest BCUT2D eigenvalue weighted by molar-refractivity contribution is 0.0990. The van der Waals surface area contributed by atoms with Crippen LogP contribution in [0.3, 0.4) is 0 Å². The first-order valence-corrected chi connectivity index (χ1v) is 5.80. The number of Topliss-reactive ketones (excluding diaryl/α,β-unsaturated/α-hetero) is 1. The summed E-state index contributed by atoms with van der Waals surface area (Å²) in [5, 5.41) is 8.03. The normalized spacial score (nSPS) is 10.8. The Bertz CT molecular complexity index is 556. The van der Waals surface area contributed by atoms with Crippen molar-refractivity contribution in [3.05, 3.63) is 23.9 Å². The molecule has 2 N–H and O–H groups in total. The largest absolute Gasteiger partial charge is 0.383 e. The van der Waals surface area contributed by atoms with Gasteiger partial charge in [0.1, 0.15) is 18.0 Å². The molecule has 0 radical (unpaired) electrons. The average molecular weight is 248 g/mol. The van der Waals surface area contributed by atoms with Crippen molar-refractivity contribution < 1.29 is 4.79 Å². The SMILES string of the molecule is CCCn1ncnc1CC(=O)c1cnn(C)c1N. The van der Waals surface area contributed by atoms with Gasteiger partial charge in [-0.2, -0.15) is 10.2 Å². The summed E-state index contributed by atoms with van der Waals surface area (Å²) in [6, 6.07) is 0. The lowest BCUT2D eigenvalue weighted by atomic mass is 10.1. The van der Waals surface area contributed by atoms with Crippen molar-refractivity contribution in [2.75, 3.05) is 5.73 Å². The highest BCUT2D eigenvalue weighted by Gasteiger charge is 2.16. The van der Waals surface area contributed by atoms with Crippen LogP contribution in [-0.2, 0) is 20.0 Å². The minimum Gasteiger partial charge on any atom is -0.383 e. The van der Waals surface area contributed by atoms with Gasteiger partial charge in [0.2, 0.25) is 0 Å². The van der Waals surface area contributed by atoms with Gasteiger partial charge >= 0.3 is 0 Å². The molecule has 0 aromatic carbocycles. The number of anilines is 1. The minimum absolute atomic E-state index is 0.0917. The molecule has 0 amide bonds. The van der Waals surface area contributed by atoms with Crippen LogP contribution in [0.25, 0.3) is 0 Å². The lowest BCUT2D eigenvalue weighted by Gasteiger charge is -2.03. The molecular formula is C11H16N6O. The Labute approximate surface area is 105 Å². The number of nitrogens with zero attached hydrogens (tertiary/aromatic N) is 5. The molecule has 2 aromatic heterocycles. The predicted molar refractivity (Wildman–Crippen MR) is 66.0 cm³/mol. The van der Waals surface area contributed by atoms with Crippen molar-refractivity contribution in [2.45, 2.75) is 26.3 Å². The molecule has 0 saturated heterocycles. The van der Waals surface area contributed by atoms with Crippen LogP contribution in [0.5, 0.6) is 0 Å². The number of nitrogens with two attached hydrogens (primary N) is 1. The van der Waals surface area contributed by atoms with Crippen LogP contribution < -0.4 is 5.73 Å². The highest BCUT2D eigenvalue weighted by Crippen LogP contribution is 2.12. The van der Waals surface area contributed by atoms with Crippen molar-refractivity contribution in [1.29, 1.82) is 0 Å². The van der Waals surface area contributed by atoms with Crippen LogP contribution in [0.2, 0.25) is 0 Å². The number of rotatable bonds is 5. The first-order valence-electron chi connectivity index (χ1n) is 5.80. The van der Waals surface area contributed by atoms with Crippen molar-refractivity contribution in [3.8, 4) is 0 Å². The molecule has 2 heterocycles. The molecule has 0 unspecified atom stereocenters. The Morgan fingerprint density at radius 3 is 2.83 bits per heavy atom. The van der Waals surface area contributed by atoms with E-state index in [0.717, 1.165) is 13.0 Å². The zero-order valence-corrected chi connectivity index (χ0v) is 10.5. The van der Waals surface area contributed by atoms with E-state index in [-0.39, 0.29) is 12.2 Å². The van der Waals surface area contributed by atoms with Gasteiger partial charge in [0, 0.05) is 13.6 Å². The smallest absolute Gasteiger partial charge is 0.175 e. The van der Waals surface area contributed by atoms with Crippen LogP contribution in [0.15, 0.2) is 12.5 Å². The van der Waals surface area contributed by atoms with Gasteiger partial charge in [-0.15, -0.1) is 0 Å². The molecule has 0 fully saturated rings. The van der Waals surface area contributed by atoms with Crippen LogP contribution >= 0.6 is 0 Å². The van der Waals surface area contributed by atoms with E-state index in [0.29, 0.717) is 17.2 Å². The first kappa shape index (κ1) is 12.3. The summed E-state index contributed by atoms with van der Waals surface area (Å²) in [5.41, 5.74) is 6.20. The zero-order chi connectivity index (χ0) is 13.1. The van der Waals surface area contributed by atoms with E-state index in [2.05, 4.69) is 15.2 Å². The number of hydrogen-bond acceptors (Lipinski definition) is 5. The molecule has 0 saturated carbocycles. The van der Waals surface area contributed by atoms with Gasteiger partial charge in [0.15, 0.2) is 5.78 Å². The lowest BCUT2D eigenvalue weighted by Crippen LogP contribution is -2.12. The molecule has 96 valence electrons. The van der Waals surface area contributed by atoms with E-state index in [1.54, 1.807) is 11.7 Å². The van der Waals surface area contributed by atoms with Gasteiger partial charge in [-0.3, -0.25) is 9.48 Å². The van der Waals surface area contributed by atoms with Gasteiger partial charge in [-0.05, 0) is 6.42 Å². The summed E-state index contributed by atoms with van der Waals surface area (Å²) in [6.45, 7) is 2.80. The van der Waals surface area contributed by atoms with E-state index in [1.165, 1.54) is 17.2 Å². The Kier molecular flexibility index (Phi) is 3.40. The van der Waals surface area contributed by atoms with Gasteiger partial charge in [0.25, 0.3) is 0 Å². The van der Waals surface area contributed by atoms with E-state index in [1.807, 2.05) is 6.92 Å². The van der Waals surface area contributed by atoms with Crippen molar-refractivity contribution >= 4 is 11.6 Å². The molecule has 2 aromatic rings. The highest BCUT2D eigenvalue weighted by molar-refractivity contribution is 6.00. The Hall–Kier alpha value is -2.18. The van der Waals surface area contributed by atoms with E-state index in [9.17, 15) is 4.79 Å². The third kappa shape index (κ3) is 2.24. The molecule has 0 aliphatic heterocycles. The molecule has 0 atom stereocenters. The molecule has 18 heavy (non-hydrogen) atoms. The number of ketones is 1. The maximum Gasteiger partial charge on any atom is 0.175 e. The predicted octanol–water partition coefficient (Wildman–Crippen LogP) is 0.429. The third-order valence-electron chi connectivity index (χ3n) is 2.73. The number of carbonyl (C=O) groups excluding carboxylic acids is 1. The third-order valence-corrected chi connectivity index (χ3v) is 2.73. The number of hydrogen-bond donors (Lipinski definition) is 1. The molecular weight excluding hydrogens is 232 g/mol. The summed E-state index contributed by atoms with van der Waals surface area (Å²) in [5.74, 6) is 0.942. The topological polar surface area (TPSA) is 91.6 Å². The maximum atomic E-state index is 12.1. The van der Waals surface area contributed by atoms with Crippen molar-refractivity contribution in [1.82, 2.24) is 24.5 Å². The molecule has 7 heteroatoms. The van der Waals surface area contributed by atoms with Gasteiger partial charge in [0.05, 0.1) is 18.2 Å². The molecule has 0 spiro atoms. The molecule has 7 nitrogen and oxygen atoms in total. The second-order valence-electron chi connectivity index (χ2n) is 4.07. The summed E-state index contributed by atoms with van der Waals surface area (Å²) in [7, 11) is 1.70. The van der Waals surface area contributed by atoms with Crippen LogP contribution in [0.1, 0.15) is 29.5 Å². The highest BCUT2D eigenvalue weighted by atomic mass is 16.1. The second-order valence-corrected chi connectivity index (χ2v) is 4.07. The zero-order valence-electron chi connectivity index (χ0n) is 10.5. The molecule has 0 aliphatic rings. The number of carbonyl (C=O) groups is 1. The fourth-order valence-electron chi connectivity index (χ4n) is 1.72. The average Bonchev–Trinajstić information content (AvgIpc) is 2.89.